The number of aromatic carboxylic acids is 1. The molecule has 2 aromatic heterocycles. The monoisotopic (exact) mass is 409 g/mol. The Bertz CT molecular complexity index is 1150. The number of carboxylic acids is 1. The van der Waals surface area contributed by atoms with Gasteiger partial charge in [0.25, 0.3) is 0 Å². The summed E-state index contributed by atoms with van der Waals surface area (Å²) in [5.41, 5.74) is 3.27. The molecule has 156 valence electrons. The summed E-state index contributed by atoms with van der Waals surface area (Å²) in [6.45, 7) is 3.72. The van der Waals surface area contributed by atoms with Crippen LogP contribution in [0.1, 0.15) is 37.5 Å². The van der Waals surface area contributed by atoms with Gasteiger partial charge in [-0.05, 0) is 54.8 Å². The SMILES string of the molecule is COc1cc(/C=C/C(=O)c2cc(C(=O)O)c3c(C)cc(C)cn23)cc(OC)c1OC. The molecule has 7 heteroatoms. The van der Waals surface area contributed by atoms with Crippen LogP contribution in [-0.2, 0) is 0 Å². The number of aromatic nitrogens is 1. The van der Waals surface area contributed by atoms with E-state index in [2.05, 4.69) is 0 Å². The van der Waals surface area contributed by atoms with Crippen molar-refractivity contribution in [3.63, 3.8) is 0 Å². The molecular formula is C23H23NO6. The van der Waals surface area contributed by atoms with E-state index in [0.29, 0.717) is 28.3 Å². The molecule has 0 aliphatic carbocycles. The number of aryl methyl sites for hydroxylation is 2. The third-order valence-corrected chi connectivity index (χ3v) is 4.78. The molecule has 0 bridgehead atoms. The van der Waals surface area contributed by atoms with Crippen molar-refractivity contribution in [2.45, 2.75) is 13.8 Å². The number of nitrogens with zero attached hydrogens (tertiary/aromatic N) is 1. The lowest BCUT2D eigenvalue weighted by Gasteiger charge is -2.12. The Hall–Kier alpha value is -3.74. The number of pyridine rings is 1. The van der Waals surface area contributed by atoms with Crippen LogP contribution in [0.4, 0.5) is 0 Å². The number of methoxy groups -OCH3 is 3. The number of benzene rings is 1. The quantitative estimate of drug-likeness (QED) is 0.465. The van der Waals surface area contributed by atoms with Gasteiger partial charge in [-0.1, -0.05) is 12.1 Å². The fraction of sp³-hybridized carbons (Fsp3) is 0.217. The first-order valence-electron chi connectivity index (χ1n) is 9.18. The van der Waals surface area contributed by atoms with E-state index in [1.54, 1.807) is 28.8 Å². The lowest BCUT2D eigenvalue weighted by Crippen LogP contribution is -2.01. The molecule has 2 heterocycles. The van der Waals surface area contributed by atoms with Crippen LogP contribution in [0.15, 0.2) is 36.5 Å². The Labute approximate surface area is 174 Å². The molecule has 0 radical (unpaired) electrons. The number of hydrogen-bond donors (Lipinski definition) is 1. The first kappa shape index (κ1) is 21.0. The van der Waals surface area contributed by atoms with E-state index in [0.717, 1.165) is 11.1 Å². The maximum absolute atomic E-state index is 12.9. The van der Waals surface area contributed by atoms with Gasteiger partial charge in [0.15, 0.2) is 11.5 Å². The first-order chi connectivity index (χ1) is 14.3. The normalized spacial score (nSPS) is 11.1. The molecule has 0 saturated heterocycles. The molecule has 0 amide bonds. The van der Waals surface area contributed by atoms with Crippen LogP contribution < -0.4 is 14.2 Å². The Balaban J connectivity index is 2.06. The van der Waals surface area contributed by atoms with Crippen LogP contribution in [0.2, 0.25) is 0 Å². The van der Waals surface area contributed by atoms with E-state index in [4.69, 9.17) is 14.2 Å². The van der Waals surface area contributed by atoms with Gasteiger partial charge in [0.05, 0.1) is 38.1 Å². The lowest BCUT2D eigenvalue weighted by molar-refractivity contribution is 0.0699. The highest BCUT2D eigenvalue weighted by Crippen LogP contribution is 2.38. The molecule has 7 nitrogen and oxygen atoms in total. The van der Waals surface area contributed by atoms with Crippen molar-refractivity contribution in [3.8, 4) is 17.2 Å². The van der Waals surface area contributed by atoms with E-state index < -0.39 is 5.97 Å². The molecular weight excluding hydrogens is 386 g/mol. The molecule has 0 aliphatic heterocycles. The second-order valence-electron chi connectivity index (χ2n) is 6.82. The zero-order valence-electron chi connectivity index (χ0n) is 17.5. The number of carboxylic acid groups (broad SMARTS) is 1. The van der Waals surface area contributed by atoms with Gasteiger partial charge in [0.1, 0.15) is 0 Å². The molecule has 0 saturated carbocycles. The summed E-state index contributed by atoms with van der Waals surface area (Å²) >= 11 is 0. The van der Waals surface area contributed by atoms with Gasteiger partial charge >= 0.3 is 5.97 Å². The summed E-state index contributed by atoms with van der Waals surface area (Å²) in [6.07, 6.45) is 4.77. The highest BCUT2D eigenvalue weighted by molar-refractivity contribution is 6.09. The van der Waals surface area contributed by atoms with Crippen LogP contribution in [0.3, 0.4) is 0 Å². The minimum Gasteiger partial charge on any atom is -0.493 e. The van der Waals surface area contributed by atoms with E-state index >= 15 is 0 Å². The van der Waals surface area contributed by atoms with Crippen LogP contribution in [-0.4, -0.2) is 42.6 Å². The van der Waals surface area contributed by atoms with Gasteiger partial charge in [-0.3, -0.25) is 4.79 Å². The van der Waals surface area contributed by atoms with E-state index in [9.17, 15) is 14.7 Å². The Morgan fingerprint density at radius 2 is 1.60 bits per heavy atom. The van der Waals surface area contributed by atoms with Crippen molar-refractivity contribution in [3.05, 3.63) is 64.5 Å². The highest BCUT2D eigenvalue weighted by Gasteiger charge is 2.20. The lowest BCUT2D eigenvalue weighted by atomic mass is 10.1. The van der Waals surface area contributed by atoms with Crippen LogP contribution >= 0.6 is 0 Å². The predicted molar refractivity (Wildman–Crippen MR) is 113 cm³/mol. The number of carbonyl (C=O) groups is 2. The largest absolute Gasteiger partial charge is 0.493 e. The number of ether oxygens (including phenoxy) is 3. The van der Waals surface area contributed by atoms with Crippen molar-refractivity contribution >= 4 is 23.3 Å². The van der Waals surface area contributed by atoms with E-state index in [1.165, 1.54) is 33.5 Å². The Kier molecular flexibility index (Phi) is 5.82. The number of rotatable bonds is 7. The second-order valence-corrected chi connectivity index (χ2v) is 6.82. The third kappa shape index (κ3) is 3.74. The zero-order chi connectivity index (χ0) is 22.0. The Morgan fingerprint density at radius 1 is 0.967 bits per heavy atom. The average molecular weight is 409 g/mol. The van der Waals surface area contributed by atoms with Crippen molar-refractivity contribution < 1.29 is 28.9 Å². The van der Waals surface area contributed by atoms with Crippen molar-refractivity contribution in [1.82, 2.24) is 4.40 Å². The van der Waals surface area contributed by atoms with Crippen LogP contribution in [0.25, 0.3) is 11.6 Å². The number of ketones is 1. The van der Waals surface area contributed by atoms with Crippen LogP contribution in [0.5, 0.6) is 17.2 Å². The van der Waals surface area contributed by atoms with Crippen molar-refractivity contribution in [2.24, 2.45) is 0 Å². The summed E-state index contributed by atoms with van der Waals surface area (Å²) in [6, 6.07) is 6.74. The maximum Gasteiger partial charge on any atom is 0.337 e. The standard InChI is InChI=1S/C23H23NO6/c1-13-8-14(2)21-16(23(26)27)11-17(24(21)12-13)18(25)7-6-15-9-19(28-3)22(30-5)20(10-15)29-4/h6-12H,1-5H3,(H,26,27)/b7-6+. The molecule has 30 heavy (non-hydrogen) atoms. The first-order valence-corrected chi connectivity index (χ1v) is 9.18. The topological polar surface area (TPSA) is 86.5 Å². The summed E-state index contributed by atoms with van der Waals surface area (Å²) in [7, 11) is 4.54. The van der Waals surface area contributed by atoms with E-state index in [-0.39, 0.29) is 17.0 Å². The summed E-state index contributed by atoms with van der Waals surface area (Å²) in [5, 5.41) is 9.56. The molecule has 0 fully saturated rings. The maximum atomic E-state index is 12.9. The van der Waals surface area contributed by atoms with Gasteiger partial charge in [-0.2, -0.15) is 0 Å². The number of hydrogen-bond acceptors (Lipinski definition) is 5. The average Bonchev–Trinajstić information content (AvgIpc) is 3.11. The van der Waals surface area contributed by atoms with Crippen molar-refractivity contribution in [2.75, 3.05) is 21.3 Å². The number of carbonyl (C=O) groups excluding carboxylic acids is 1. The Morgan fingerprint density at radius 3 is 2.13 bits per heavy atom. The third-order valence-electron chi connectivity index (χ3n) is 4.78. The molecule has 0 aliphatic rings. The smallest absolute Gasteiger partial charge is 0.337 e. The highest BCUT2D eigenvalue weighted by atomic mass is 16.5. The van der Waals surface area contributed by atoms with Crippen LogP contribution in [0, 0.1) is 13.8 Å². The minimum atomic E-state index is -1.08. The summed E-state index contributed by atoms with van der Waals surface area (Å²) in [4.78, 5) is 24.6. The molecule has 3 rings (SSSR count). The summed E-state index contributed by atoms with van der Waals surface area (Å²) < 4.78 is 17.6. The summed E-state index contributed by atoms with van der Waals surface area (Å²) in [5.74, 6) is -0.00512. The molecule has 1 N–H and O–H groups in total. The fourth-order valence-corrected chi connectivity index (χ4v) is 3.52. The molecule has 0 unspecified atom stereocenters. The van der Waals surface area contributed by atoms with Gasteiger partial charge in [0, 0.05) is 6.20 Å². The van der Waals surface area contributed by atoms with Gasteiger partial charge < -0.3 is 23.7 Å². The number of allylic oxidation sites excluding steroid dienone is 1. The van der Waals surface area contributed by atoms with E-state index in [1.807, 2.05) is 19.9 Å². The van der Waals surface area contributed by atoms with Gasteiger partial charge in [0.2, 0.25) is 11.5 Å². The van der Waals surface area contributed by atoms with Gasteiger partial charge in [-0.25, -0.2) is 4.79 Å². The minimum absolute atomic E-state index is 0.0945. The molecule has 0 atom stereocenters. The second kappa shape index (κ2) is 8.32. The van der Waals surface area contributed by atoms with Crippen molar-refractivity contribution in [1.29, 1.82) is 0 Å². The van der Waals surface area contributed by atoms with Gasteiger partial charge in [-0.15, -0.1) is 0 Å². The number of fused-ring (bicyclic) bond motifs is 1. The zero-order valence-corrected chi connectivity index (χ0v) is 17.5. The fourth-order valence-electron chi connectivity index (χ4n) is 3.52. The molecule has 3 aromatic rings. The molecule has 0 spiro atoms. The molecule has 1 aromatic carbocycles. The predicted octanol–water partition coefficient (Wildman–Crippen LogP) is 4.18.